The number of nitrogens with one attached hydrogen (secondary N) is 1. The Morgan fingerprint density at radius 2 is 2.26 bits per heavy atom. The monoisotopic (exact) mass is 286 g/mol. The first-order valence-corrected chi connectivity index (χ1v) is 7.05. The summed E-state index contributed by atoms with van der Waals surface area (Å²) in [6, 6.07) is 0.258. The van der Waals surface area contributed by atoms with Crippen LogP contribution in [0.4, 0.5) is 5.95 Å². The zero-order valence-corrected chi connectivity index (χ0v) is 11.8. The van der Waals surface area contributed by atoms with Crippen molar-refractivity contribution >= 4 is 17.5 Å². The minimum Gasteiger partial charge on any atom is -0.463 e. The summed E-state index contributed by atoms with van der Waals surface area (Å²) in [6.07, 6.45) is 4.51. The molecule has 0 aliphatic carbocycles. The van der Waals surface area contributed by atoms with Crippen LogP contribution in [-0.4, -0.2) is 40.8 Å². The van der Waals surface area contributed by atoms with Gasteiger partial charge in [-0.1, -0.05) is 6.92 Å². The lowest BCUT2D eigenvalue weighted by molar-refractivity contribution is 0.0246. The van der Waals surface area contributed by atoms with Crippen molar-refractivity contribution in [2.75, 3.05) is 25.1 Å². The van der Waals surface area contributed by atoms with Gasteiger partial charge in [0.2, 0.25) is 11.2 Å². The van der Waals surface area contributed by atoms with E-state index in [2.05, 4.69) is 20.3 Å². The number of hydrogen-bond acceptors (Lipinski definition) is 6. The van der Waals surface area contributed by atoms with Crippen molar-refractivity contribution in [3.8, 4) is 6.01 Å². The highest BCUT2D eigenvalue weighted by molar-refractivity contribution is 6.28. The Morgan fingerprint density at radius 3 is 3.00 bits per heavy atom. The summed E-state index contributed by atoms with van der Waals surface area (Å²) in [5.41, 5.74) is 0. The van der Waals surface area contributed by atoms with E-state index in [-0.39, 0.29) is 17.4 Å². The fraction of sp³-hybridized carbons (Fsp3) is 0.750. The fourth-order valence-corrected chi connectivity index (χ4v) is 1.99. The summed E-state index contributed by atoms with van der Waals surface area (Å²) in [4.78, 5) is 12.1. The number of nitrogens with zero attached hydrogens (tertiary/aromatic N) is 3. The topological polar surface area (TPSA) is 69.2 Å². The van der Waals surface area contributed by atoms with Gasteiger partial charge in [0.25, 0.3) is 0 Å². The summed E-state index contributed by atoms with van der Waals surface area (Å²) in [5, 5.41) is 3.25. The molecule has 1 aromatic rings. The molecule has 2 heterocycles. The zero-order chi connectivity index (χ0) is 13.5. The maximum atomic E-state index is 5.84. The Hall–Kier alpha value is -1.14. The molecule has 0 saturated carbocycles. The Labute approximate surface area is 117 Å². The molecule has 1 fully saturated rings. The predicted molar refractivity (Wildman–Crippen MR) is 72.7 cm³/mol. The second-order valence-corrected chi connectivity index (χ2v) is 4.77. The highest BCUT2D eigenvalue weighted by atomic mass is 35.5. The van der Waals surface area contributed by atoms with Gasteiger partial charge in [-0.25, -0.2) is 0 Å². The van der Waals surface area contributed by atoms with Gasteiger partial charge in [-0.2, -0.15) is 15.0 Å². The Bertz CT molecular complexity index is 399. The maximum Gasteiger partial charge on any atom is 0.322 e. The lowest BCUT2D eigenvalue weighted by Gasteiger charge is -2.22. The maximum absolute atomic E-state index is 5.84. The standard InChI is InChI=1S/C12H19ClN4O2/c1-2-6-19-12-16-10(13)15-11(17-12)14-8-9-5-3-4-7-18-9/h9H,2-8H2,1H3,(H,14,15,16,17). The predicted octanol–water partition coefficient (Wildman–Crippen LogP) is 2.29. The van der Waals surface area contributed by atoms with Crippen molar-refractivity contribution in [1.29, 1.82) is 0 Å². The number of ether oxygens (including phenoxy) is 2. The van der Waals surface area contributed by atoms with E-state index in [1.807, 2.05) is 6.92 Å². The average Bonchev–Trinajstić information content (AvgIpc) is 2.43. The van der Waals surface area contributed by atoms with Gasteiger partial charge in [0, 0.05) is 13.2 Å². The number of hydrogen-bond donors (Lipinski definition) is 1. The molecule has 6 nitrogen and oxygen atoms in total. The first-order chi connectivity index (χ1) is 9.28. The molecular formula is C12H19ClN4O2. The van der Waals surface area contributed by atoms with Gasteiger partial charge in [0.15, 0.2) is 0 Å². The second kappa shape index (κ2) is 7.45. The molecule has 1 aromatic heterocycles. The molecule has 1 N–H and O–H groups in total. The van der Waals surface area contributed by atoms with Gasteiger partial charge in [-0.15, -0.1) is 0 Å². The minimum absolute atomic E-state index is 0.133. The molecule has 0 aromatic carbocycles. The van der Waals surface area contributed by atoms with Gasteiger partial charge >= 0.3 is 6.01 Å². The summed E-state index contributed by atoms with van der Waals surface area (Å²) in [6.45, 7) is 4.08. The molecule has 19 heavy (non-hydrogen) atoms. The van der Waals surface area contributed by atoms with E-state index in [1.165, 1.54) is 6.42 Å². The molecule has 1 atom stereocenters. The SMILES string of the molecule is CCCOc1nc(Cl)nc(NCC2CCCCO2)n1. The molecule has 1 aliphatic rings. The third kappa shape index (κ3) is 4.80. The van der Waals surface area contributed by atoms with Crippen LogP contribution in [0.5, 0.6) is 6.01 Å². The number of halogens is 1. The Morgan fingerprint density at radius 1 is 1.37 bits per heavy atom. The molecule has 0 radical (unpaired) electrons. The van der Waals surface area contributed by atoms with Gasteiger partial charge in [0.05, 0.1) is 12.7 Å². The number of rotatable bonds is 6. The first kappa shape index (κ1) is 14.3. The molecule has 0 amide bonds. The quantitative estimate of drug-likeness (QED) is 0.865. The van der Waals surface area contributed by atoms with E-state index in [9.17, 15) is 0 Å². The highest BCUT2D eigenvalue weighted by Crippen LogP contribution is 2.15. The molecule has 0 bridgehead atoms. The molecular weight excluding hydrogens is 268 g/mol. The highest BCUT2D eigenvalue weighted by Gasteiger charge is 2.14. The summed E-state index contributed by atoms with van der Waals surface area (Å²) < 4.78 is 11.0. The van der Waals surface area contributed by atoms with Crippen molar-refractivity contribution in [3.63, 3.8) is 0 Å². The van der Waals surface area contributed by atoms with Crippen LogP contribution in [-0.2, 0) is 4.74 Å². The third-order valence-electron chi connectivity index (χ3n) is 2.78. The lowest BCUT2D eigenvalue weighted by Crippen LogP contribution is -2.27. The Kier molecular flexibility index (Phi) is 5.60. The second-order valence-electron chi connectivity index (χ2n) is 4.43. The minimum atomic E-state index is 0.133. The first-order valence-electron chi connectivity index (χ1n) is 6.67. The normalized spacial score (nSPS) is 19.2. The van der Waals surface area contributed by atoms with E-state index < -0.39 is 0 Å². The molecule has 1 aliphatic heterocycles. The summed E-state index contributed by atoms with van der Waals surface area (Å²) in [7, 11) is 0. The van der Waals surface area contributed by atoms with E-state index in [0.717, 1.165) is 25.9 Å². The summed E-state index contributed by atoms with van der Waals surface area (Å²) in [5.74, 6) is 0.431. The van der Waals surface area contributed by atoms with Crippen LogP contribution in [0.25, 0.3) is 0 Å². The fourth-order valence-electron chi connectivity index (χ4n) is 1.84. The van der Waals surface area contributed by atoms with E-state index in [4.69, 9.17) is 21.1 Å². The summed E-state index contributed by atoms with van der Waals surface area (Å²) >= 11 is 5.84. The molecule has 2 rings (SSSR count). The van der Waals surface area contributed by atoms with Gasteiger partial charge in [0.1, 0.15) is 0 Å². The van der Waals surface area contributed by atoms with Crippen molar-refractivity contribution in [2.24, 2.45) is 0 Å². The van der Waals surface area contributed by atoms with Gasteiger partial charge in [-0.05, 0) is 37.3 Å². The molecule has 0 spiro atoms. The molecule has 1 unspecified atom stereocenters. The number of anilines is 1. The van der Waals surface area contributed by atoms with E-state index in [1.54, 1.807) is 0 Å². The molecule has 106 valence electrons. The lowest BCUT2D eigenvalue weighted by atomic mass is 10.1. The van der Waals surface area contributed by atoms with Crippen molar-refractivity contribution in [3.05, 3.63) is 5.28 Å². The molecule has 7 heteroatoms. The van der Waals surface area contributed by atoms with Crippen LogP contribution in [0.2, 0.25) is 5.28 Å². The van der Waals surface area contributed by atoms with Crippen LogP contribution in [0.1, 0.15) is 32.6 Å². The largest absolute Gasteiger partial charge is 0.463 e. The van der Waals surface area contributed by atoms with Gasteiger partial charge in [-0.3, -0.25) is 0 Å². The van der Waals surface area contributed by atoms with Crippen LogP contribution in [0, 0.1) is 0 Å². The van der Waals surface area contributed by atoms with Crippen LogP contribution in [0.15, 0.2) is 0 Å². The smallest absolute Gasteiger partial charge is 0.322 e. The van der Waals surface area contributed by atoms with Crippen molar-refractivity contribution < 1.29 is 9.47 Å². The Balaban J connectivity index is 1.89. The van der Waals surface area contributed by atoms with Crippen LogP contribution in [0.3, 0.4) is 0 Å². The number of aromatic nitrogens is 3. The van der Waals surface area contributed by atoms with Gasteiger partial charge < -0.3 is 14.8 Å². The van der Waals surface area contributed by atoms with Crippen molar-refractivity contribution in [1.82, 2.24) is 15.0 Å². The third-order valence-corrected chi connectivity index (χ3v) is 2.95. The van der Waals surface area contributed by atoms with Crippen molar-refractivity contribution in [2.45, 2.75) is 38.7 Å². The van der Waals surface area contributed by atoms with E-state index in [0.29, 0.717) is 19.1 Å². The zero-order valence-electron chi connectivity index (χ0n) is 11.1. The van der Waals surface area contributed by atoms with E-state index >= 15 is 0 Å². The van der Waals surface area contributed by atoms with Crippen LogP contribution < -0.4 is 10.1 Å². The molecule has 1 saturated heterocycles. The average molecular weight is 287 g/mol. The van der Waals surface area contributed by atoms with Crippen LogP contribution >= 0.6 is 11.6 Å².